The van der Waals surface area contributed by atoms with E-state index in [0.717, 1.165) is 36.9 Å². The van der Waals surface area contributed by atoms with Gasteiger partial charge in [0.1, 0.15) is 0 Å². The molecule has 3 rings (SSSR count). The van der Waals surface area contributed by atoms with Crippen molar-refractivity contribution in [1.29, 1.82) is 0 Å². The van der Waals surface area contributed by atoms with Gasteiger partial charge in [-0.15, -0.1) is 0 Å². The van der Waals surface area contributed by atoms with E-state index in [0.29, 0.717) is 16.9 Å². The highest BCUT2D eigenvalue weighted by Gasteiger charge is 2.43. The minimum Gasteiger partial charge on any atom is -0.332 e. The topological polar surface area (TPSA) is 38.1 Å². The summed E-state index contributed by atoms with van der Waals surface area (Å²) in [5, 5.41) is 4.27. The van der Waals surface area contributed by atoms with Crippen molar-refractivity contribution in [2.24, 2.45) is 7.05 Å². The summed E-state index contributed by atoms with van der Waals surface area (Å²) < 4.78 is 1.72. The molecule has 18 heavy (non-hydrogen) atoms. The Balaban J connectivity index is 1.88. The number of aryl methyl sites for hydroxylation is 2. The molecule has 0 saturated carbocycles. The molecule has 0 aliphatic carbocycles. The molecule has 4 nitrogen and oxygen atoms in total. The molecular weight excluding hydrogens is 294 g/mol. The molecule has 2 bridgehead atoms. The van der Waals surface area contributed by atoms with Gasteiger partial charge in [-0.1, -0.05) is 15.9 Å². The van der Waals surface area contributed by atoms with Crippen molar-refractivity contribution in [3.05, 3.63) is 17.5 Å². The van der Waals surface area contributed by atoms with Crippen LogP contribution < -0.4 is 0 Å². The third kappa shape index (κ3) is 1.88. The van der Waals surface area contributed by atoms with Crippen LogP contribution in [0.4, 0.5) is 0 Å². The first-order valence-corrected chi connectivity index (χ1v) is 7.45. The number of amides is 1. The van der Waals surface area contributed by atoms with Crippen LogP contribution in [0, 0.1) is 6.92 Å². The lowest BCUT2D eigenvalue weighted by atomic mass is 10.0. The molecule has 2 atom stereocenters. The minimum absolute atomic E-state index is 0.174. The third-order valence-corrected chi connectivity index (χ3v) is 4.90. The summed E-state index contributed by atoms with van der Waals surface area (Å²) in [5.74, 6) is 0.174. The Bertz CT molecular complexity index is 471. The number of carbonyl (C=O) groups is 1. The van der Waals surface area contributed by atoms with Crippen molar-refractivity contribution >= 4 is 21.8 Å². The number of rotatable bonds is 1. The van der Waals surface area contributed by atoms with Crippen LogP contribution in [-0.2, 0) is 7.05 Å². The lowest BCUT2D eigenvalue weighted by molar-refractivity contribution is 0.0602. The SMILES string of the molecule is Cc1nn(C)cc1C(=O)N1C2CCC1CC(Br)C2. The molecule has 1 aromatic rings. The minimum atomic E-state index is 0.174. The van der Waals surface area contributed by atoms with E-state index in [1.54, 1.807) is 4.68 Å². The molecule has 1 aromatic heterocycles. The number of hydrogen-bond donors (Lipinski definition) is 0. The molecule has 2 aliphatic rings. The van der Waals surface area contributed by atoms with Crippen molar-refractivity contribution in [2.45, 2.75) is 49.5 Å². The van der Waals surface area contributed by atoms with Crippen molar-refractivity contribution in [2.75, 3.05) is 0 Å². The van der Waals surface area contributed by atoms with Gasteiger partial charge in [0.25, 0.3) is 5.91 Å². The zero-order chi connectivity index (χ0) is 12.9. The van der Waals surface area contributed by atoms with Gasteiger partial charge >= 0.3 is 0 Å². The van der Waals surface area contributed by atoms with E-state index in [9.17, 15) is 4.79 Å². The Labute approximate surface area is 115 Å². The number of alkyl halides is 1. The van der Waals surface area contributed by atoms with E-state index in [1.165, 1.54) is 0 Å². The summed E-state index contributed by atoms with van der Waals surface area (Å²) in [6.45, 7) is 1.91. The van der Waals surface area contributed by atoms with Crippen LogP contribution in [0.2, 0.25) is 0 Å². The van der Waals surface area contributed by atoms with Gasteiger partial charge in [0, 0.05) is 30.2 Å². The van der Waals surface area contributed by atoms with Crippen LogP contribution in [0.25, 0.3) is 0 Å². The number of carbonyl (C=O) groups excluding carboxylic acids is 1. The van der Waals surface area contributed by atoms with Gasteiger partial charge in [-0.2, -0.15) is 5.10 Å². The molecule has 0 N–H and O–H groups in total. The van der Waals surface area contributed by atoms with Gasteiger partial charge in [0.05, 0.1) is 11.3 Å². The van der Waals surface area contributed by atoms with Crippen LogP contribution in [0.15, 0.2) is 6.20 Å². The van der Waals surface area contributed by atoms with E-state index >= 15 is 0 Å². The second kappa shape index (κ2) is 4.37. The van der Waals surface area contributed by atoms with Gasteiger partial charge in [0.15, 0.2) is 0 Å². The second-order valence-corrected chi connectivity index (χ2v) is 6.76. The predicted molar refractivity (Wildman–Crippen MR) is 72.9 cm³/mol. The number of fused-ring (bicyclic) bond motifs is 2. The summed E-state index contributed by atoms with van der Waals surface area (Å²) in [6, 6.07) is 0.834. The third-order valence-electron chi connectivity index (χ3n) is 4.15. The lowest BCUT2D eigenvalue weighted by Crippen LogP contribution is -2.46. The highest BCUT2D eigenvalue weighted by atomic mass is 79.9. The Morgan fingerprint density at radius 3 is 2.50 bits per heavy atom. The van der Waals surface area contributed by atoms with Crippen molar-refractivity contribution in [3.63, 3.8) is 0 Å². The smallest absolute Gasteiger partial charge is 0.257 e. The van der Waals surface area contributed by atoms with Gasteiger partial charge in [-0.05, 0) is 32.6 Å². The zero-order valence-electron chi connectivity index (χ0n) is 10.8. The molecule has 2 saturated heterocycles. The average Bonchev–Trinajstić information content (AvgIpc) is 2.76. The summed E-state index contributed by atoms with van der Waals surface area (Å²) in [5.41, 5.74) is 1.60. The van der Waals surface area contributed by atoms with Crippen molar-refractivity contribution < 1.29 is 4.79 Å². The Morgan fingerprint density at radius 2 is 2.00 bits per heavy atom. The van der Waals surface area contributed by atoms with Crippen LogP contribution in [0.3, 0.4) is 0 Å². The van der Waals surface area contributed by atoms with Crippen molar-refractivity contribution in [1.82, 2.24) is 14.7 Å². The maximum absolute atomic E-state index is 12.7. The van der Waals surface area contributed by atoms with Crippen LogP contribution in [0.5, 0.6) is 0 Å². The predicted octanol–water partition coefficient (Wildman–Crippen LogP) is 2.26. The molecule has 3 heterocycles. The Morgan fingerprint density at radius 1 is 1.39 bits per heavy atom. The zero-order valence-corrected chi connectivity index (χ0v) is 12.4. The summed E-state index contributed by atoms with van der Waals surface area (Å²) in [4.78, 5) is 15.3. The molecule has 0 spiro atoms. The molecule has 98 valence electrons. The highest BCUT2D eigenvalue weighted by Crippen LogP contribution is 2.39. The number of piperidine rings is 1. The van der Waals surface area contributed by atoms with E-state index in [4.69, 9.17) is 0 Å². The molecule has 1 amide bonds. The Hall–Kier alpha value is -0.840. The lowest BCUT2D eigenvalue weighted by Gasteiger charge is -2.37. The summed E-state index contributed by atoms with van der Waals surface area (Å²) in [7, 11) is 1.86. The van der Waals surface area contributed by atoms with Gasteiger partial charge in [0.2, 0.25) is 0 Å². The molecule has 2 fully saturated rings. The fourth-order valence-corrected chi connectivity index (χ4v) is 4.25. The van der Waals surface area contributed by atoms with Crippen LogP contribution in [-0.4, -0.2) is 37.5 Å². The van der Waals surface area contributed by atoms with Gasteiger partial charge in [-0.25, -0.2) is 0 Å². The van der Waals surface area contributed by atoms with Gasteiger partial charge in [-0.3, -0.25) is 9.48 Å². The second-order valence-electron chi connectivity index (χ2n) is 5.47. The number of aromatic nitrogens is 2. The highest BCUT2D eigenvalue weighted by molar-refractivity contribution is 9.09. The molecule has 0 aromatic carbocycles. The fourth-order valence-electron chi connectivity index (χ4n) is 3.39. The first-order chi connectivity index (χ1) is 8.56. The van der Waals surface area contributed by atoms with Crippen LogP contribution >= 0.6 is 15.9 Å². The fraction of sp³-hybridized carbons (Fsp3) is 0.692. The molecule has 5 heteroatoms. The number of nitrogens with zero attached hydrogens (tertiary/aromatic N) is 3. The van der Waals surface area contributed by atoms with E-state index in [-0.39, 0.29) is 5.91 Å². The normalized spacial score (nSPS) is 30.8. The molecule has 2 unspecified atom stereocenters. The quantitative estimate of drug-likeness (QED) is 0.746. The van der Waals surface area contributed by atoms with E-state index in [2.05, 4.69) is 25.9 Å². The first-order valence-electron chi connectivity index (χ1n) is 6.53. The molecular formula is C13H18BrN3O. The maximum atomic E-state index is 12.7. The van der Waals surface area contributed by atoms with E-state index in [1.807, 2.05) is 20.2 Å². The van der Waals surface area contributed by atoms with Crippen molar-refractivity contribution in [3.8, 4) is 0 Å². The van der Waals surface area contributed by atoms with Crippen LogP contribution in [0.1, 0.15) is 41.7 Å². The first kappa shape index (κ1) is 12.2. The van der Waals surface area contributed by atoms with Gasteiger partial charge < -0.3 is 4.90 Å². The molecule has 0 radical (unpaired) electrons. The monoisotopic (exact) mass is 311 g/mol. The summed E-state index contributed by atoms with van der Waals surface area (Å²) >= 11 is 3.71. The largest absolute Gasteiger partial charge is 0.332 e. The maximum Gasteiger partial charge on any atom is 0.257 e. The standard InChI is InChI=1S/C13H18BrN3O/c1-8-12(7-16(2)15-8)13(18)17-10-3-4-11(17)6-9(14)5-10/h7,9-11H,3-6H2,1-2H3. The van der Waals surface area contributed by atoms with E-state index < -0.39 is 0 Å². The number of halogens is 1. The average molecular weight is 312 g/mol. The summed E-state index contributed by atoms with van der Waals surface area (Å²) in [6.07, 6.45) is 6.32. The molecule has 2 aliphatic heterocycles. The number of hydrogen-bond acceptors (Lipinski definition) is 2. The Kier molecular flexibility index (Phi) is 2.96.